The smallest absolute Gasteiger partial charge is 0.303 e. The molecule has 0 saturated heterocycles. The molecule has 9 nitrogen and oxygen atoms in total. The number of carbonyl (C=O) groups is 2. The second kappa shape index (κ2) is 11.0. The molecule has 0 spiro atoms. The van der Waals surface area contributed by atoms with Gasteiger partial charge in [-0.15, -0.1) is 0 Å². The van der Waals surface area contributed by atoms with Crippen molar-refractivity contribution in [2.75, 3.05) is 13.7 Å². The molecule has 0 saturated carbocycles. The molecule has 1 atom stereocenters. The molecule has 150 valence electrons. The highest BCUT2D eigenvalue weighted by Crippen LogP contribution is 2.37. The average Bonchev–Trinajstić information content (AvgIpc) is 2.62. The summed E-state index contributed by atoms with van der Waals surface area (Å²) in [4.78, 5) is 33.4. The first-order valence-corrected chi connectivity index (χ1v) is 8.80. The van der Waals surface area contributed by atoms with Gasteiger partial charge in [-0.2, -0.15) is 0 Å². The van der Waals surface area contributed by atoms with Crippen LogP contribution in [-0.4, -0.2) is 35.6 Å². The predicted octanol–water partition coefficient (Wildman–Crippen LogP) is 3.21. The largest absolute Gasteiger partial charge is 0.493 e. The van der Waals surface area contributed by atoms with Gasteiger partial charge < -0.3 is 19.9 Å². The number of nitrogens with one attached hydrogen (secondary N) is 1. The third-order valence-electron chi connectivity index (χ3n) is 3.90. The quantitative estimate of drug-likeness (QED) is 0.323. The number of benzene rings is 1. The van der Waals surface area contributed by atoms with E-state index in [4.69, 9.17) is 14.6 Å². The number of ether oxygens (including phenoxy) is 2. The van der Waals surface area contributed by atoms with Gasteiger partial charge in [-0.1, -0.05) is 13.3 Å². The SMILES string of the molecule is CCCCC(=O)NC(C)c1cc(OC)c(OCCCC(=O)O)cc1[N+](=O)[O-]. The van der Waals surface area contributed by atoms with E-state index in [2.05, 4.69) is 5.32 Å². The lowest BCUT2D eigenvalue weighted by molar-refractivity contribution is -0.385. The molecule has 0 heterocycles. The number of carboxylic acid groups (broad SMARTS) is 1. The summed E-state index contributed by atoms with van der Waals surface area (Å²) in [7, 11) is 1.40. The normalized spacial score (nSPS) is 11.5. The number of nitrogens with zero attached hydrogens (tertiary/aromatic N) is 1. The first-order chi connectivity index (χ1) is 12.8. The second-order valence-corrected chi connectivity index (χ2v) is 6.06. The number of nitro benzene ring substituents is 1. The number of hydrogen-bond donors (Lipinski definition) is 2. The van der Waals surface area contributed by atoms with Gasteiger partial charge in [0.2, 0.25) is 5.91 Å². The molecule has 0 aliphatic carbocycles. The van der Waals surface area contributed by atoms with E-state index in [0.29, 0.717) is 12.0 Å². The van der Waals surface area contributed by atoms with Crippen LogP contribution in [0.25, 0.3) is 0 Å². The number of hydrogen-bond acceptors (Lipinski definition) is 6. The highest BCUT2D eigenvalue weighted by molar-refractivity contribution is 5.76. The van der Waals surface area contributed by atoms with Crippen LogP contribution in [-0.2, 0) is 9.59 Å². The van der Waals surface area contributed by atoms with Crippen molar-refractivity contribution in [3.8, 4) is 11.5 Å². The molecular weight excluding hydrogens is 356 g/mol. The number of carbonyl (C=O) groups excluding carboxylic acids is 1. The Morgan fingerprint density at radius 1 is 1.26 bits per heavy atom. The van der Waals surface area contributed by atoms with E-state index in [1.54, 1.807) is 6.92 Å². The standard InChI is InChI=1S/C18H26N2O7/c1-4-5-7-17(21)19-12(2)13-10-15(26-3)16(11-14(13)20(24)25)27-9-6-8-18(22)23/h10-12H,4-9H2,1-3H3,(H,19,21)(H,22,23). The highest BCUT2D eigenvalue weighted by atomic mass is 16.6. The third-order valence-corrected chi connectivity index (χ3v) is 3.90. The molecule has 0 aromatic heterocycles. The zero-order valence-corrected chi connectivity index (χ0v) is 15.8. The lowest BCUT2D eigenvalue weighted by Gasteiger charge is -2.17. The highest BCUT2D eigenvalue weighted by Gasteiger charge is 2.24. The van der Waals surface area contributed by atoms with Crippen molar-refractivity contribution in [2.45, 2.75) is 52.0 Å². The molecule has 0 fully saturated rings. The fourth-order valence-electron chi connectivity index (χ4n) is 2.48. The van der Waals surface area contributed by atoms with E-state index in [1.807, 2.05) is 6.92 Å². The Morgan fingerprint density at radius 2 is 1.96 bits per heavy atom. The Labute approximate surface area is 157 Å². The molecule has 1 rings (SSSR count). The maximum Gasteiger partial charge on any atom is 0.303 e. The number of aliphatic carboxylic acids is 1. The van der Waals surface area contributed by atoms with Crippen LogP contribution in [0.2, 0.25) is 0 Å². The monoisotopic (exact) mass is 382 g/mol. The molecule has 9 heteroatoms. The van der Waals surface area contributed by atoms with Crippen molar-refractivity contribution >= 4 is 17.6 Å². The van der Waals surface area contributed by atoms with Crippen LogP contribution in [0.3, 0.4) is 0 Å². The number of unbranched alkanes of at least 4 members (excludes halogenated alkanes) is 1. The number of methoxy groups -OCH3 is 1. The molecule has 1 unspecified atom stereocenters. The number of amides is 1. The summed E-state index contributed by atoms with van der Waals surface area (Å²) < 4.78 is 10.7. The average molecular weight is 382 g/mol. The molecule has 27 heavy (non-hydrogen) atoms. The topological polar surface area (TPSA) is 128 Å². The molecule has 0 aliphatic rings. The first-order valence-electron chi connectivity index (χ1n) is 8.80. The van der Waals surface area contributed by atoms with Gasteiger partial charge in [0, 0.05) is 12.8 Å². The minimum atomic E-state index is -0.945. The summed E-state index contributed by atoms with van der Waals surface area (Å²) in [6.07, 6.45) is 2.18. The fourth-order valence-corrected chi connectivity index (χ4v) is 2.48. The Bertz CT molecular complexity index is 676. The third kappa shape index (κ3) is 7.12. The van der Waals surface area contributed by atoms with Crippen LogP contribution >= 0.6 is 0 Å². The van der Waals surface area contributed by atoms with Crippen molar-refractivity contribution < 1.29 is 29.1 Å². The molecule has 1 aromatic rings. The van der Waals surface area contributed by atoms with Crippen molar-refractivity contribution in [3.63, 3.8) is 0 Å². The van der Waals surface area contributed by atoms with E-state index in [0.717, 1.165) is 12.8 Å². The first kappa shape index (κ1) is 22.2. The van der Waals surface area contributed by atoms with E-state index in [1.165, 1.54) is 19.2 Å². The van der Waals surface area contributed by atoms with Gasteiger partial charge in [0.05, 0.1) is 36.3 Å². The maximum absolute atomic E-state index is 11.9. The summed E-state index contributed by atoms with van der Waals surface area (Å²) in [6.45, 7) is 3.73. The second-order valence-electron chi connectivity index (χ2n) is 6.06. The van der Waals surface area contributed by atoms with Crippen LogP contribution in [0.15, 0.2) is 12.1 Å². The van der Waals surface area contributed by atoms with Crippen LogP contribution < -0.4 is 14.8 Å². The summed E-state index contributed by atoms with van der Waals surface area (Å²) in [5, 5.41) is 22.9. The number of carboxylic acids is 1. The molecule has 0 aliphatic heterocycles. The zero-order valence-electron chi connectivity index (χ0n) is 15.8. The lowest BCUT2D eigenvalue weighted by Crippen LogP contribution is -2.26. The van der Waals surface area contributed by atoms with Gasteiger partial charge in [-0.3, -0.25) is 19.7 Å². The van der Waals surface area contributed by atoms with Crippen LogP contribution in [0.1, 0.15) is 57.6 Å². The van der Waals surface area contributed by atoms with Gasteiger partial charge in [0.1, 0.15) is 0 Å². The van der Waals surface area contributed by atoms with Crippen molar-refractivity contribution in [3.05, 3.63) is 27.8 Å². The van der Waals surface area contributed by atoms with Crippen molar-refractivity contribution in [2.24, 2.45) is 0 Å². The Balaban J connectivity index is 3.01. The van der Waals surface area contributed by atoms with Gasteiger partial charge in [0.25, 0.3) is 5.69 Å². The molecule has 0 bridgehead atoms. The van der Waals surface area contributed by atoms with E-state index >= 15 is 0 Å². The van der Waals surface area contributed by atoms with E-state index in [9.17, 15) is 19.7 Å². The Kier molecular flexibility index (Phi) is 9.04. The van der Waals surface area contributed by atoms with Crippen LogP contribution in [0.5, 0.6) is 11.5 Å². The van der Waals surface area contributed by atoms with Crippen LogP contribution in [0.4, 0.5) is 5.69 Å². The molecule has 1 aromatic carbocycles. The summed E-state index contributed by atoms with van der Waals surface area (Å²) in [5.41, 5.74) is 0.104. The minimum Gasteiger partial charge on any atom is -0.493 e. The van der Waals surface area contributed by atoms with Gasteiger partial charge in [0.15, 0.2) is 11.5 Å². The van der Waals surface area contributed by atoms with Gasteiger partial charge >= 0.3 is 5.97 Å². The minimum absolute atomic E-state index is 0.0662. The lowest BCUT2D eigenvalue weighted by atomic mass is 10.0. The summed E-state index contributed by atoms with van der Waals surface area (Å²) >= 11 is 0. The Hall–Kier alpha value is -2.84. The fraction of sp³-hybridized carbons (Fsp3) is 0.556. The molecule has 2 N–H and O–H groups in total. The molecule has 0 radical (unpaired) electrons. The maximum atomic E-state index is 11.9. The van der Waals surface area contributed by atoms with Gasteiger partial charge in [-0.05, 0) is 25.8 Å². The number of rotatable bonds is 12. The molecule has 1 amide bonds. The Morgan fingerprint density at radius 3 is 2.52 bits per heavy atom. The van der Waals surface area contributed by atoms with Crippen LogP contribution in [0, 0.1) is 10.1 Å². The summed E-state index contributed by atoms with van der Waals surface area (Å²) in [6, 6.07) is 2.13. The van der Waals surface area contributed by atoms with E-state index < -0.39 is 16.9 Å². The number of nitro groups is 1. The zero-order chi connectivity index (χ0) is 20.4. The van der Waals surface area contributed by atoms with E-state index in [-0.39, 0.29) is 42.5 Å². The predicted molar refractivity (Wildman–Crippen MR) is 98.1 cm³/mol. The molecular formula is C18H26N2O7. The van der Waals surface area contributed by atoms with Crippen molar-refractivity contribution in [1.29, 1.82) is 0 Å². The summed E-state index contributed by atoms with van der Waals surface area (Å²) in [5.74, 6) is -0.686. The van der Waals surface area contributed by atoms with Crippen molar-refractivity contribution in [1.82, 2.24) is 5.32 Å². The van der Waals surface area contributed by atoms with Gasteiger partial charge in [-0.25, -0.2) is 0 Å².